The summed E-state index contributed by atoms with van der Waals surface area (Å²) in [5.41, 5.74) is 1.55. The van der Waals surface area contributed by atoms with Gasteiger partial charge in [-0.1, -0.05) is 29.3 Å². The molecule has 1 amide bonds. The van der Waals surface area contributed by atoms with Gasteiger partial charge in [-0.3, -0.25) is 4.79 Å². The Kier molecular flexibility index (Phi) is 4.25. The van der Waals surface area contributed by atoms with Gasteiger partial charge in [0.05, 0.1) is 10.6 Å². The minimum Gasteiger partial charge on any atom is -0.478 e. The van der Waals surface area contributed by atoms with Crippen LogP contribution < -0.4 is 5.32 Å². The molecule has 2 rings (SSSR count). The number of halogens is 2. The number of aromatic nitrogens is 1. The molecule has 0 atom stereocenters. The van der Waals surface area contributed by atoms with Gasteiger partial charge < -0.3 is 15.0 Å². The first-order chi connectivity index (χ1) is 9.81. The van der Waals surface area contributed by atoms with E-state index in [-0.39, 0.29) is 21.4 Å². The summed E-state index contributed by atoms with van der Waals surface area (Å²) in [6, 6.07) is 5.96. The molecule has 0 spiro atoms. The van der Waals surface area contributed by atoms with Crippen LogP contribution in [0.3, 0.4) is 0 Å². The number of aryl methyl sites for hydroxylation is 1. The zero-order chi connectivity index (χ0) is 15.7. The van der Waals surface area contributed by atoms with Gasteiger partial charge in [-0.15, -0.1) is 0 Å². The van der Waals surface area contributed by atoms with Gasteiger partial charge in [-0.25, -0.2) is 4.79 Å². The number of carboxylic acid groups (broad SMARTS) is 1. The molecule has 1 aromatic heterocycles. The molecule has 0 aliphatic rings. The summed E-state index contributed by atoms with van der Waals surface area (Å²) in [5, 5.41) is 12.2. The van der Waals surface area contributed by atoms with Crippen molar-refractivity contribution in [2.75, 3.05) is 5.32 Å². The van der Waals surface area contributed by atoms with Gasteiger partial charge in [0.15, 0.2) is 0 Å². The molecule has 0 radical (unpaired) electrons. The van der Waals surface area contributed by atoms with Crippen LogP contribution in [0.1, 0.15) is 26.4 Å². The molecule has 0 bridgehead atoms. The highest BCUT2D eigenvalue weighted by molar-refractivity contribution is 6.42. The second-order valence-corrected chi connectivity index (χ2v) is 5.28. The van der Waals surface area contributed by atoms with Crippen molar-refractivity contribution in [1.82, 2.24) is 4.57 Å². The van der Waals surface area contributed by atoms with E-state index >= 15 is 0 Å². The van der Waals surface area contributed by atoms with Gasteiger partial charge in [-0.05, 0) is 30.7 Å². The minimum absolute atomic E-state index is 0.0962. The van der Waals surface area contributed by atoms with Crippen molar-refractivity contribution in [1.29, 1.82) is 0 Å². The molecule has 0 aliphatic carbocycles. The van der Waals surface area contributed by atoms with E-state index in [4.69, 9.17) is 28.3 Å². The average Bonchev–Trinajstić information content (AvgIpc) is 2.68. The van der Waals surface area contributed by atoms with Crippen LogP contribution in [-0.4, -0.2) is 21.6 Å². The number of anilines is 1. The Morgan fingerprint density at radius 1 is 1.24 bits per heavy atom. The number of nitrogens with one attached hydrogen (secondary N) is 1. The summed E-state index contributed by atoms with van der Waals surface area (Å²) in [6.07, 6.45) is 0. The number of benzene rings is 1. The maximum absolute atomic E-state index is 12.2. The van der Waals surface area contributed by atoms with Crippen LogP contribution >= 0.6 is 23.2 Å². The number of amides is 1. The van der Waals surface area contributed by atoms with Gasteiger partial charge in [0.1, 0.15) is 10.8 Å². The molecule has 110 valence electrons. The van der Waals surface area contributed by atoms with Crippen molar-refractivity contribution in [3.8, 4) is 0 Å². The highest BCUT2D eigenvalue weighted by Gasteiger charge is 2.17. The Bertz CT molecular complexity index is 738. The van der Waals surface area contributed by atoms with Crippen molar-refractivity contribution in [2.24, 2.45) is 7.05 Å². The molecule has 5 nitrogen and oxygen atoms in total. The van der Waals surface area contributed by atoms with E-state index in [2.05, 4.69) is 5.32 Å². The van der Waals surface area contributed by atoms with Crippen molar-refractivity contribution in [2.45, 2.75) is 6.92 Å². The quantitative estimate of drug-likeness (QED) is 0.905. The van der Waals surface area contributed by atoms with Gasteiger partial charge >= 0.3 is 5.97 Å². The molecule has 0 aliphatic heterocycles. The molecule has 1 aromatic carbocycles. The molecule has 2 N–H and O–H groups in total. The summed E-state index contributed by atoms with van der Waals surface area (Å²) >= 11 is 11.8. The maximum atomic E-state index is 12.2. The lowest BCUT2D eigenvalue weighted by molar-refractivity contribution is 0.0696. The van der Waals surface area contributed by atoms with Gasteiger partial charge in [0.25, 0.3) is 5.91 Å². The molecule has 21 heavy (non-hydrogen) atoms. The fourth-order valence-electron chi connectivity index (χ4n) is 1.84. The first-order valence-electron chi connectivity index (χ1n) is 5.97. The molecule has 7 heteroatoms. The number of carbonyl (C=O) groups excluding carboxylic acids is 1. The molecular weight excluding hydrogens is 315 g/mol. The Morgan fingerprint density at radius 3 is 2.43 bits per heavy atom. The van der Waals surface area contributed by atoms with E-state index < -0.39 is 11.9 Å². The van der Waals surface area contributed by atoms with Crippen LogP contribution in [-0.2, 0) is 7.05 Å². The normalized spacial score (nSPS) is 10.5. The lowest BCUT2D eigenvalue weighted by Gasteiger charge is -2.10. The maximum Gasteiger partial charge on any atom is 0.335 e. The van der Waals surface area contributed by atoms with Gasteiger partial charge in [0, 0.05) is 12.7 Å². The monoisotopic (exact) mass is 326 g/mol. The predicted molar refractivity (Wildman–Crippen MR) is 81.5 cm³/mol. The number of hydrogen-bond acceptors (Lipinski definition) is 2. The first-order valence-corrected chi connectivity index (χ1v) is 6.73. The summed E-state index contributed by atoms with van der Waals surface area (Å²) in [7, 11) is 1.61. The van der Waals surface area contributed by atoms with Crippen molar-refractivity contribution in [3.05, 3.63) is 51.3 Å². The van der Waals surface area contributed by atoms with E-state index in [1.54, 1.807) is 20.0 Å². The Morgan fingerprint density at radius 2 is 1.90 bits per heavy atom. The molecule has 1 heterocycles. The third-order valence-corrected chi connectivity index (χ3v) is 3.92. The second kappa shape index (κ2) is 5.79. The lowest BCUT2D eigenvalue weighted by Crippen LogP contribution is -2.16. The number of nitrogens with zero attached hydrogens (tertiary/aromatic N) is 1. The number of carbonyl (C=O) groups is 2. The average molecular weight is 327 g/mol. The molecule has 0 fully saturated rings. The van der Waals surface area contributed by atoms with Crippen molar-refractivity contribution >= 4 is 40.8 Å². The minimum atomic E-state index is -1.06. The highest BCUT2D eigenvalue weighted by atomic mass is 35.5. The van der Waals surface area contributed by atoms with Crippen LogP contribution in [0.2, 0.25) is 10.2 Å². The van der Waals surface area contributed by atoms with Crippen LogP contribution in [0.4, 0.5) is 5.69 Å². The standard InChI is InChI=1S/C14H12Cl2N2O3/c1-7-3-4-8(14(20)21)5-10(7)17-13(19)11-6-9(15)12(16)18(11)2/h3-6H,1-2H3,(H,17,19)(H,20,21). The summed E-state index contributed by atoms with van der Waals surface area (Å²) < 4.78 is 1.45. The van der Waals surface area contributed by atoms with Gasteiger partial charge in [0.2, 0.25) is 0 Å². The van der Waals surface area contributed by atoms with E-state index in [1.807, 2.05) is 0 Å². The highest BCUT2D eigenvalue weighted by Crippen LogP contribution is 2.26. The Labute approximate surface area is 131 Å². The molecule has 2 aromatic rings. The summed E-state index contributed by atoms with van der Waals surface area (Å²) in [4.78, 5) is 23.2. The van der Waals surface area contributed by atoms with Gasteiger partial charge in [-0.2, -0.15) is 0 Å². The van der Waals surface area contributed by atoms with Crippen LogP contribution in [0.15, 0.2) is 24.3 Å². The largest absolute Gasteiger partial charge is 0.478 e. The topological polar surface area (TPSA) is 71.3 Å². The SMILES string of the molecule is Cc1ccc(C(=O)O)cc1NC(=O)c1cc(Cl)c(Cl)n1C. The fraction of sp³-hybridized carbons (Fsp3) is 0.143. The molecule has 0 unspecified atom stereocenters. The second-order valence-electron chi connectivity index (χ2n) is 4.52. The third-order valence-electron chi connectivity index (χ3n) is 3.08. The fourth-order valence-corrected chi connectivity index (χ4v) is 2.21. The van der Waals surface area contributed by atoms with Crippen molar-refractivity contribution in [3.63, 3.8) is 0 Å². The van der Waals surface area contributed by atoms with Crippen LogP contribution in [0.5, 0.6) is 0 Å². The zero-order valence-electron chi connectivity index (χ0n) is 11.3. The van der Waals surface area contributed by atoms with E-state index in [9.17, 15) is 9.59 Å². The van der Waals surface area contributed by atoms with E-state index in [1.165, 1.54) is 22.8 Å². The number of aromatic carboxylic acids is 1. The number of hydrogen-bond donors (Lipinski definition) is 2. The molecular formula is C14H12Cl2N2O3. The Hall–Kier alpha value is -1.98. The lowest BCUT2D eigenvalue weighted by atomic mass is 10.1. The third kappa shape index (κ3) is 3.04. The van der Waals surface area contributed by atoms with E-state index in [0.29, 0.717) is 5.69 Å². The van der Waals surface area contributed by atoms with Crippen LogP contribution in [0.25, 0.3) is 0 Å². The van der Waals surface area contributed by atoms with Crippen LogP contribution in [0, 0.1) is 6.92 Å². The van der Waals surface area contributed by atoms with Crippen molar-refractivity contribution < 1.29 is 14.7 Å². The number of rotatable bonds is 3. The summed E-state index contributed by atoms with van der Waals surface area (Å²) in [6.45, 7) is 1.77. The van der Waals surface area contributed by atoms with E-state index in [0.717, 1.165) is 5.56 Å². The Balaban J connectivity index is 2.33. The number of carboxylic acids is 1. The molecule has 0 saturated heterocycles. The summed E-state index contributed by atoms with van der Waals surface area (Å²) in [5.74, 6) is -1.48. The zero-order valence-corrected chi connectivity index (χ0v) is 12.8. The first kappa shape index (κ1) is 15.4. The smallest absolute Gasteiger partial charge is 0.335 e. The molecule has 0 saturated carbocycles. The predicted octanol–water partition coefficient (Wildman–Crippen LogP) is 3.59.